The zero-order valence-corrected chi connectivity index (χ0v) is 23.3. The predicted octanol–water partition coefficient (Wildman–Crippen LogP) is -16.7. The lowest BCUT2D eigenvalue weighted by Gasteiger charge is -2.64. The quantitative estimate of drug-likeness (QED) is 0.485. The summed E-state index contributed by atoms with van der Waals surface area (Å²) in [4.78, 5) is 0. The summed E-state index contributed by atoms with van der Waals surface area (Å²) in [5.41, 5.74) is 4.18. The number of hydrogen-bond donors (Lipinski definition) is 1. The molecule has 0 aromatic heterocycles. The van der Waals surface area contributed by atoms with Crippen LogP contribution in [0.25, 0.3) is 0 Å². The van der Waals surface area contributed by atoms with Crippen molar-refractivity contribution in [1.82, 2.24) is 5.32 Å². The second-order valence-corrected chi connectivity index (χ2v) is 13.5. The summed E-state index contributed by atoms with van der Waals surface area (Å²) in [6.45, 7) is 0. The van der Waals surface area contributed by atoms with Crippen LogP contribution in [0.4, 0.5) is 0 Å². The highest BCUT2D eigenvalue weighted by atomic mass is 16.7. The number of rotatable bonds is 6. The molecule has 2 rings (SSSR count). The summed E-state index contributed by atoms with van der Waals surface area (Å²) < 4.78 is 12.5. The van der Waals surface area contributed by atoms with Gasteiger partial charge in [0.2, 0.25) is 0 Å². The van der Waals surface area contributed by atoms with E-state index in [1.165, 1.54) is 22.0 Å². The van der Waals surface area contributed by atoms with E-state index in [1.807, 2.05) is 15.7 Å². The van der Waals surface area contributed by atoms with Crippen molar-refractivity contribution in [3.63, 3.8) is 0 Å². The highest BCUT2D eigenvalue weighted by Crippen LogP contribution is 2.52. The smallest absolute Gasteiger partial charge is 0.197 e. The zero-order chi connectivity index (χ0) is 24.6. The lowest BCUT2D eigenvalue weighted by atomic mass is 9.12. The van der Waals surface area contributed by atoms with Crippen LogP contribution in [0.1, 0.15) is 5.56 Å². The predicted molar refractivity (Wildman–Crippen MR) is 182 cm³/mol. The molecule has 1 heterocycles. The molecular weight excluding hydrogens is 363 g/mol. The Morgan fingerprint density at radius 3 is 1.45 bits per heavy atom. The Labute approximate surface area is 205 Å². The molecule has 0 radical (unpaired) electrons. The Hall–Kier alpha value is -0.181. The second-order valence-electron chi connectivity index (χ2n) is 13.5. The summed E-state index contributed by atoms with van der Waals surface area (Å²) in [5.74, 6) is 1.81. The first-order valence-corrected chi connectivity index (χ1v) is 11.8. The van der Waals surface area contributed by atoms with Crippen molar-refractivity contribution in [2.75, 3.05) is 0 Å². The number of hydrogen-bond acceptors (Lipinski definition) is 3. The van der Waals surface area contributed by atoms with Gasteiger partial charge in [0.05, 0.1) is 39.2 Å². The van der Waals surface area contributed by atoms with Gasteiger partial charge in [-0.3, -0.25) is 0 Å². The summed E-state index contributed by atoms with van der Waals surface area (Å²) in [6.07, 6.45) is 0. The molecule has 0 bridgehead atoms. The van der Waals surface area contributed by atoms with Crippen LogP contribution in [-0.4, -0.2) is 142 Å². The molecule has 1 aromatic carbocycles. The molecule has 0 saturated heterocycles. The monoisotopic (exact) mass is 399 g/mol. The van der Waals surface area contributed by atoms with E-state index in [1.54, 1.807) is 0 Å². The SMILES string of the molecule is Bc1c(B)c(C(B)(B)C(B)(NC(B)(B)B)C(B)(B)C(B)(B)B)c(B)c2c1OC(B)(B)O2. The number of ether oxygens (including phenoxy) is 2. The maximum absolute atomic E-state index is 6.32. The Morgan fingerprint density at radius 2 is 1.06 bits per heavy atom. The molecule has 0 spiro atoms. The van der Waals surface area contributed by atoms with E-state index in [9.17, 15) is 0 Å². The third kappa shape index (κ3) is 4.35. The van der Waals surface area contributed by atoms with Gasteiger partial charge in [-0.05, 0) is 16.4 Å². The fourth-order valence-corrected chi connectivity index (χ4v) is 5.63. The minimum absolute atomic E-state index is 0.0286. The van der Waals surface area contributed by atoms with Crippen LogP contribution in [0.2, 0.25) is 10.3 Å². The van der Waals surface area contributed by atoms with Crippen LogP contribution < -0.4 is 31.2 Å². The summed E-state index contributed by atoms with van der Waals surface area (Å²) in [5, 5.41) is 3.93. The van der Waals surface area contributed by atoms with Gasteiger partial charge in [0.1, 0.15) is 70.6 Å². The van der Waals surface area contributed by atoms with E-state index in [-0.39, 0.29) is 26.2 Å². The molecular formula is C12H33B16NO2. The molecule has 1 atom stereocenters. The van der Waals surface area contributed by atoms with Gasteiger partial charge in [-0.2, -0.15) is 0 Å². The van der Waals surface area contributed by atoms with Gasteiger partial charge in [0, 0.05) is 0 Å². The van der Waals surface area contributed by atoms with E-state index in [4.69, 9.17) is 9.47 Å². The molecule has 1 unspecified atom stereocenters. The van der Waals surface area contributed by atoms with Crippen molar-refractivity contribution in [3.8, 4) is 11.5 Å². The van der Waals surface area contributed by atoms with Gasteiger partial charge in [0.25, 0.3) is 0 Å². The maximum Gasteiger partial charge on any atom is 0.197 e. The highest BCUT2D eigenvalue weighted by Gasteiger charge is 2.56. The number of benzene rings is 1. The summed E-state index contributed by atoms with van der Waals surface area (Å²) in [6, 6.07) is 0. The normalized spacial score (nSPS) is 18.3. The van der Waals surface area contributed by atoms with Gasteiger partial charge in [0.15, 0.2) is 32.8 Å². The topological polar surface area (TPSA) is 30.5 Å². The summed E-state index contributed by atoms with van der Waals surface area (Å²) >= 11 is 0. The second kappa shape index (κ2) is 7.67. The minimum Gasteiger partial charge on any atom is -0.467 e. The molecule has 19 heteroatoms. The Morgan fingerprint density at radius 1 is 0.645 bits per heavy atom. The average molecular weight is 396 g/mol. The van der Waals surface area contributed by atoms with E-state index in [0.29, 0.717) is 0 Å². The van der Waals surface area contributed by atoms with E-state index in [0.717, 1.165) is 11.5 Å². The third-order valence-electron chi connectivity index (χ3n) is 8.52. The molecule has 1 aromatic rings. The van der Waals surface area contributed by atoms with Gasteiger partial charge in [-0.15, -0.1) is 5.11 Å². The van der Waals surface area contributed by atoms with Crippen molar-refractivity contribution in [2.45, 2.75) is 31.8 Å². The van der Waals surface area contributed by atoms with Gasteiger partial charge in [-0.25, -0.2) is 0 Å². The van der Waals surface area contributed by atoms with Crippen LogP contribution in [0.15, 0.2) is 0 Å². The maximum atomic E-state index is 6.32. The van der Waals surface area contributed by atoms with Crippen LogP contribution in [0, 0.1) is 0 Å². The standard InChI is InChI=1S/C12H33B16NO2/c13-2-1(3(14)5-6(4(2)15)31-12(27,28)30-5)7(16,17)9(20,29-11(24,25)26)8(18,19)10(21,22)23/h29H,13-28H2. The van der Waals surface area contributed by atoms with Gasteiger partial charge >= 0.3 is 0 Å². The fourth-order valence-electron chi connectivity index (χ4n) is 5.63. The third-order valence-corrected chi connectivity index (χ3v) is 8.52. The fraction of sp³-hybridized carbons (Fsp3) is 0.500. The molecule has 0 saturated carbocycles. The molecule has 31 heavy (non-hydrogen) atoms. The van der Waals surface area contributed by atoms with Crippen LogP contribution >= 0.6 is 0 Å². The van der Waals surface area contributed by atoms with Crippen LogP contribution in [0.5, 0.6) is 11.5 Å². The minimum atomic E-state index is -0.634. The molecule has 0 aliphatic carbocycles. The lowest BCUT2D eigenvalue weighted by Crippen LogP contribution is -2.77. The van der Waals surface area contributed by atoms with Crippen molar-refractivity contribution in [3.05, 3.63) is 5.56 Å². The van der Waals surface area contributed by atoms with Gasteiger partial charge in [-0.1, -0.05) is 26.7 Å². The van der Waals surface area contributed by atoms with Crippen molar-refractivity contribution >= 4 is 142 Å². The van der Waals surface area contributed by atoms with E-state index in [2.05, 4.69) is 115 Å². The van der Waals surface area contributed by atoms with E-state index >= 15 is 0 Å². The molecule has 3 nitrogen and oxygen atoms in total. The highest BCUT2D eigenvalue weighted by molar-refractivity contribution is 6.70. The first kappa shape index (κ1) is 27.1. The first-order valence-electron chi connectivity index (χ1n) is 11.8. The van der Waals surface area contributed by atoms with Crippen LogP contribution in [0.3, 0.4) is 0 Å². The molecule has 0 fully saturated rings. The number of nitrogens with one attached hydrogen (secondary N) is 1. The largest absolute Gasteiger partial charge is 0.467 e. The molecule has 0 amide bonds. The van der Waals surface area contributed by atoms with Crippen molar-refractivity contribution < 1.29 is 9.47 Å². The molecule has 1 N–H and O–H groups in total. The molecule has 1 aliphatic rings. The average Bonchev–Trinajstić information content (AvgIpc) is 2.86. The Bertz CT molecular complexity index is 890. The van der Waals surface area contributed by atoms with E-state index < -0.39 is 5.59 Å². The van der Waals surface area contributed by atoms with Gasteiger partial charge < -0.3 is 14.8 Å². The Balaban J connectivity index is 2.89. The lowest BCUT2D eigenvalue weighted by molar-refractivity contribution is 0.0844. The molecule has 146 valence electrons. The zero-order valence-electron chi connectivity index (χ0n) is 23.3. The summed E-state index contributed by atoms with van der Waals surface area (Å²) in [7, 11) is 36.5. The number of fused-ring (bicyclic) bond motifs is 1. The molecule has 1 aliphatic heterocycles. The Kier molecular flexibility index (Phi) is 6.70. The first-order chi connectivity index (χ1) is 13.5. The van der Waals surface area contributed by atoms with Crippen molar-refractivity contribution in [1.29, 1.82) is 0 Å². The van der Waals surface area contributed by atoms with Crippen LogP contribution in [-0.2, 0) is 5.21 Å². The van der Waals surface area contributed by atoms with Crippen molar-refractivity contribution in [2.24, 2.45) is 0 Å².